The van der Waals surface area contributed by atoms with Gasteiger partial charge in [0.25, 0.3) is 0 Å². The average Bonchev–Trinajstić information content (AvgIpc) is 2.39. The number of aliphatic imine (C=N–C) groups is 1. The van der Waals surface area contributed by atoms with Crippen LogP contribution in [0.1, 0.15) is 32.4 Å². The van der Waals surface area contributed by atoms with Crippen molar-refractivity contribution in [1.29, 1.82) is 0 Å². The standard InChI is InChI=1S/C15H19F2N3/c1-10(2)20-8-7-14(18-9-20)19-11(3)15-12(16)5-4-6-13(15)17/h4-8,10-11H,9H2,1-3H3,(H,18,19). The van der Waals surface area contributed by atoms with E-state index in [1.165, 1.54) is 18.2 Å². The Labute approximate surface area is 118 Å². The summed E-state index contributed by atoms with van der Waals surface area (Å²) in [5.41, 5.74) is 0.0369. The van der Waals surface area contributed by atoms with Gasteiger partial charge in [-0.1, -0.05) is 6.07 Å². The number of nitrogens with one attached hydrogen (secondary N) is 1. The number of rotatable bonds is 3. The zero-order valence-electron chi connectivity index (χ0n) is 11.9. The van der Waals surface area contributed by atoms with E-state index < -0.39 is 17.7 Å². The first-order chi connectivity index (χ1) is 9.49. The van der Waals surface area contributed by atoms with Crippen LogP contribution in [-0.4, -0.2) is 23.4 Å². The highest BCUT2D eigenvalue weighted by molar-refractivity contribution is 5.93. The largest absolute Gasteiger partial charge is 0.364 e. The van der Waals surface area contributed by atoms with E-state index in [9.17, 15) is 8.78 Å². The van der Waals surface area contributed by atoms with Crippen LogP contribution in [0.25, 0.3) is 0 Å². The molecule has 0 bridgehead atoms. The summed E-state index contributed by atoms with van der Waals surface area (Å²) in [5.74, 6) is -0.458. The van der Waals surface area contributed by atoms with E-state index in [4.69, 9.17) is 0 Å². The van der Waals surface area contributed by atoms with Gasteiger partial charge in [0.2, 0.25) is 0 Å². The molecule has 0 aromatic heterocycles. The Morgan fingerprint density at radius 1 is 1.20 bits per heavy atom. The van der Waals surface area contributed by atoms with Gasteiger partial charge in [0, 0.05) is 17.8 Å². The molecule has 3 nitrogen and oxygen atoms in total. The molecule has 0 aliphatic carbocycles. The summed E-state index contributed by atoms with van der Waals surface area (Å²) < 4.78 is 27.4. The summed E-state index contributed by atoms with van der Waals surface area (Å²) >= 11 is 0. The fourth-order valence-corrected chi connectivity index (χ4v) is 2.07. The van der Waals surface area contributed by atoms with Crippen LogP contribution >= 0.6 is 0 Å². The second-order valence-corrected chi connectivity index (χ2v) is 5.11. The zero-order valence-corrected chi connectivity index (χ0v) is 11.9. The SMILES string of the molecule is CC(NC1=NCN(C(C)C)C=C1)c1c(F)cccc1F. The number of halogens is 2. The maximum atomic E-state index is 13.7. The van der Waals surface area contributed by atoms with Gasteiger partial charge in [-0.25, -0.2) is 13.8 Å². The molecular formula is C15H19F2N3. The van der Waals surface area contributed by atoms with Crippen LogP contribution < -0.4 is 5.32 Å². The summed E-state index contributed by atoms with van der Waals surface area (Å²) in [5, 5.41) is 3.03. The van der Waals surface area contributed by atoms with Crippen LogP contribution in [0.15, 0.2) is 35.5 Å². The third kappa shape index (κ3) is 3.15. The number of amidine groups is 1. The molecule has 1 heterocycles. The summed E-state index contributed by atoms with van der Waals surface area (Å²) in [6.45, 7) is 6.42. The number of hydrogen-bond acceptors (Lipinski definition) is 3. The predicted molar refractivity (Wildman–Crippen MR) is 76.3 cm³/mol. The Morgan fingerprint density at radius 3 is 2.35 bits per heavy atom. The van der Waals surface area contributed by atoms with Crippen molar-refractivity contribution in [3.8, 4) is 0 Å². The van der Waals surface area contributed by atoms with Gasteiger partial charge < -0.3 is 10.2 Å². The van der Waals surface area contributed by atoms with Crippen molar-refractivity contribution in [1.82, 2.24) is 10.2 Å². The van der Waals surface area contributed by atoms with Crippen molar-refractivity contribution < 1.29 is 8.78 Å². The smallest absolute Gasteiger partial charge is 0.131 e. The molecule has 0 saturated heterocycles. The number of benzene rings is 1. The highest BCUT2D eigenvalue weighted by Gasteiger charge is 2.17. The van der Waals surface area contributed by atoms with Crippen molar-refractivity contribution in [3.05, 3.63) is 47.7 Å². The lowest BCUT2D eigenvalue weighted by Crippen LogP contribution is -2.34. The maximum Gasteiger partial charge on any atom is 0.131 e. The molecule has 20 heavy (non-hydrogen) atoms. The molecule has 0 spiro atoms. The first-order valence-electron chi connectivity index (χ1n) is 6.68. The van der Waals surface area contributed by atoms with Crippen molar-refractivity contribution in [2.24, 2.45) is 4.99 Å². The van der Waals surface area contributed by atoms with Crippen LogP contribution in [0.2, 0.25) is 0 Å². The Balaban J connectivity index is 2.07. The highest BCUT2D eigenvalue weighted by atomic mass is 19.1. The van der Waals surface area contributed by atoms with Crippen LogP contribution in [0.5, 0.6) is 0 Å². The monoisotopic (exact) mass is 279 g/mol. The van der Waals surface area contributed by atoms with E-state index >= 15 is 0 Å². The van der Waals surface area contributed by atoms with Gasteiger partial charge in [-0.3, -0.25) is 0 Å². The quantitative estimate of drug-likeness (QED) is 0.920. The van der Waals surface area contributed by atoms with E-state index in [0.29, 0.717) is 18.5 Å². The second-order valence-electron chi connectivity index (χ2n) is 5.11. The van der Waals surface area contributed by atoms with E-state index in [0.717, 1.165) is 0 Å². The van der Waals surface area contributed by atoms with Crippen LogP contribution in [0.3, 0.4) is 0 Å². The Hall–Kier alpha value is -1.91. The third-order valence-corrected chi connectivity index (χ3v) is 3.29. The molecule has 1 atom stereocenters. The van der Waals surface area contributed by atoms with Gasteiger partial charge in [0.15, 0.2) is 0 Å². The molecule has 0 fully saturated rings. The molecule has 0 saturated carbocycles. The molecule has 0 radical (unpaired) electrons. The molecule has 1 aromatic rings. The Bertz CT molecular complexity index is 518. The topological polar surface area (TPSA) is 27.6 Å². The lowest BCUT2D eigenvalue weighted by Gasteiger charge is -2.27. The van der Waals surface area contributed by atoms with E-state index in [1.54, 1.807) is 6.92 Å². The Kier molecular flexibility index (Phi) is 4.37. The molecule has 0 amide bonds. The van der Waals surface area contributed by atoms with Crippen molar-refractivity contribution in [3.63, 3.8) is 0 Å². The minimum absolute atomic E-state index is 0.0369. The molecule has 1 aromatic carbocycles. The number of nitrogens with zero attached hydrogens (tertiary/aromatic N) is 2. The summed E-state index contributed by atoms with van der Waals surface area (Å²) in [6, 6.07) is 3.77. The van der Waals surface area contributed by atoms with Crippen LogP contribution in [-0.2, 0) is 0 Å². The lowest BCUT2D eigenvalue weighted by atomic mass is 10.1. The minimum Gasteiger partial charge on any atom is -0.364 e. The van der Waals surface area contributed by atoms with Gasteiger partial charge >= 0.3 is 0 Å². The zero-order chi connectivity index (χ0) is 14.7. The van der Waals surface area contributed by atoms with Crippen LogP contribution in [0.4, 0.5) is 8.78 Å². The highest BCUT2D eigenvalue weighted by Crippen LogP contribution is 2.20. The molecule has 1 N–H and O–H groups in total. The first-order valence-corrected chi connectivity index (χ1v) is 6.68. The maximum absolute atomic E-state index is 13.7. The van der Waals surface area contributed by atoms with Crippen molar-refractivity contribution in [2.75, 3.05) is 6.67 Å². The minimum atomic E-state index is -0.547. The summed E-state index contributed by atoms with van der Waals surface area (Å²) in [4.78, 5) is 6.43. The van der Waals surface area contributed by atoms with E-state index in [-0.39, 0.29) is 5.56 Å². The van der Waals surface area contributed by atoms with E-state index in [1.807, 2.05) is 12.3 Å². The average molecular weight is 279 g/mol. The molecule has 5 heteroatoms. The van der Waals surface area contributed by atoms with Gasteiger partial charge in [0.05, 0.1) is 6.04 Å². The van der Waals surface area contributed by atoms with E-state index in [2.05, 4.69) is 29.1 Å². The fraction of sp³-hybridized carbons (Fsp3) is 0.400. The molecule has 1 unspecified atom stereocenters. The fourth-order valence-electron chi connectivity index (χ4n) is 2.07. The second kappa shape index (κ2) is 6.03. The van der Waals surface area contributed by atoms with Gasteiger partial charge in [-0.05, 0) is 39.0 Å². The van der Waals surface area contributed by atoms with Gasteiger partial charge in [-0.15, -0.1) is 0 Å². The molecule has 1 aliphatic heterocycles. The van der Waals surface area contributed by atoms with Crippen molar-refractivity contribution >= 4 is 5.84 Å². The number of hydrogen-bond donors (Lipinski definition) is 1. The predicted octanol–water partition coefficient (Wildman–Crippen LogP) is 3.21. The summed E-state index contributed by atoms with van der Waals surface area (Å²) in [7, 11) is 0. The van der Waals surface area contributed by atoms with Crippen molar-refractivity contribution in [2.45, 2.75) is 32.9 Å². The van der Waals surface area contributed by atoms with Crippen LogP contribution in [0, 0.1) is 11.6 Å². The molecular weight excluding hydrogens is 260 g/mol. The third-order valence-electron chi connectivity index (χ3n) is 3.29. The molecule has 2 rings (SSSR count). The first kappa shape index (κ1) is 14.5. The normalized spacial score (nSPS) is 16.3. The van der Waals surface area contributed by atoms with Gasteiger partial charge in [-0.2, -0.15) is 0 Å². The summed E-state index contributed by atoms with van der Waals surface area (Å²) in [6.07, 6.45) is 3.75. The van der Waals surface area contributed by atoms with Gasteiger partial charge in [0.1, 0.15) is 24.1 Å². The lowest BCUT2D eigenvalue weighted by molar-refractivity contribution is 0.317. The molecule has 108 valence electrons. The molecule has 1 aliphatic rings. The Morgan fingerprint density at radius 2 is 1.85 bits per heavy atom.